The van der Waals surface area contributed by atoms with Crippen molar-refractivity contribution in [2.45, 2.75) is 13.5 Å². The number of nitrogens with one attached hydrogen (secondary N) is 1. The molecule has 9 nitrogen and oxygen atoms in total. The second kappa shape index (κ2) is 10.0. The van der Waals surface area contributed by atoms with E-state index in [-0.39, 0.29) is 5.56 Å². The Morgan fingerprint density at radius 3 is 2.46 bits per heavy atom. The third-order valence-electron chi connectivity index (χ3n) is 6.72. The van der Waals surface area contributed by atoms with E-state index in [1.165, 1.54) is 11.6 Å². The zero-order valence-corrected chi connectivity index (χ0v) is 22.5. The smallest absolute Gasteiger partial charge is 0.332 e. The lowest BCUT2D eigenvalue weighted by molar-refractivity contribution is 0.386. The Kier molecular flexibility index (Phi) is 6.78. The largest absolute Gasteiger partial charge is 0.345 e. The number of para-hydroxylation sites is 1. The van der Waals surface area contributed by atoms with Crippen molar-refractivity contribution in [3.05, 3.63) is 85.5 Å². The van der Waals surface area contributed by atoms with Crippen LogP contribution in [0.5, 0.6) is 0 Å². The second-order valence-electron chi connectivity index (χ2n) is 9.25. The highest BCUT2D eigenvalue weighted by Crippen LogP contribution is 2.24. The number of anilines is 2. The molecule has 1 aliphatic rings. The number of aromatic nitrogens is 4. The number of fused-ring (bicyclic) bond motifs is 1. The molecule has 0 amide bonds. The van der Waals surface area contributed by atoms with E-state index < -0.39 is 5.69 Å². The summed E-state index contributed by atoms with van der Waals surface area (Å²) in [7, 11) is 3.15. The molecule has 0 aliphatic carbocycles. The molecule has 2 aromatic heterocycles. The first kappa shape index (κ1) is 25.0. The lowest BCUT2D eigenvalue weighted by atomic mass is 10.1. The maximum absolute atomic E-state index is 13.2. The van der Waals surface area contributed by atoms with Crippen LogP contribution in [0, 0.1) is 6.92 Å². The summed E-state index contributed by atoms with van der Waals surface area (Å²) in [5.41, 5.74) is 3.01. The molecule has 3 heterocycles. The van der Waals surface area contributed by atoms with Crippen LogP contribution in [-0.2, 0) is 20.6 Å². The average Bonchev–Trinajstić information content (AvgIpc) is 3.27. The van der Waals surface area contributed by atoms with E-state index in [4.69, 9.17) is 28.8 Å². The molecule has 0 saturated carbocycles. The van der Waals surface area contributed by atoms with Crippen LogP contribution < -0.4 is 21.5 Å². The molecule has 192 valence electrons. The molecule has 1 aliphatic heterocycles. The van der Waals surface area contributed by atoms with Crippen molar-refractivity contribution < 1.29 is 0 Å². The maximum atomic E-state index is 13.2. The van der Waals surface area contributed by atoms with E-state index in [1.807, 2.05) is 54.0 Å². The van der Waals surface area contributed by atoms with Crippen molar-refractivity contribution in [1.82, 2.24) is 23.6 Å². The fraction of sp³-hybridized carbons (Fsp3) is 0.308. The molecule has 5 rings (SSSR count). The first-order valence-corrected chi connectivity index (χ1v) is 12.8. The number of benzene rings is 2. The van der Waals surface area contributed by atoms with Crippen molar-refractivity contribution >= 4 is 51.7 Å². The van der Waals surface area contributed by atoms with Crippen LogP contribution in [0.1, 0.15) is 11.1 Å². The van der Waals surface area contributed by atoms with Gasteiger partial charge in [0.05, 0.1) is 17.3 Å². The molecule has 1 fully saturated rings. The van der Waals surface area contributed by atoms with Gasteiger partial charge in [0.25, 0.3) is 5.56 Å². The van der Waals surface area contributed by atoms with Gasteiger partial charge in [0.2, 0.25) is 5.95 Å². The van der Waals surface area contributed by atoms with Crippen molar-refractivity contribution in [3.8, 4) is 0 Å². The van der Waals surface area contributed by atoms with Gasteiger partial charge in [0, 0.05) is 40.3 Å². The fourth-order valence-electron chi connectivity index (χ4n) is 4.69. The van der Waals surface area contributed by atoms with E-state index in [0.717, 1.165) is 21.4 Å². The molecular weight excluding hydrogens is 510 g/mol. The average molecular weight is 538 g/mol. The molecular formula is C26H28ClN7O2S. The number of aryl methyl sites for hydroxylation is 2. The lowest BCUT2D eigenvalue weighted by Gasteiger charge is -2.37. The highest BCUT2D eigenvalue weighted by atomic mass is 35.5. The third kappa shape index (κ3) is 4.74. The minimum Gasteiger partial charge on any atom is -0.345 e. The number of rotatable bonds is 4. The number of nitrogens with zero attached hydrogens (tertiary/aromatic N) is 6. The molecule has 0 unspecified atom stereocenters. The van der Waals surface area contributed by atoms with E-state index in [0.29, 0.717) is 60.0 Å². The number of piperazine rings is 1. The summed E-state index contributed by atoms with van der Waals surface area (Å²) in [6.07, 6.45) is 0. The van der Waals surface area contributed by atoms with Gasteiger partial charge in [0.1, 0.15) is 0 Å². The molecule has 0 spiro atoms. The monoisotopic (exact) mass is 537 g/mol. The lowest BCUT2D eigenvalue weighted by Crippen LogP contribution is -2.50. The van der Waals surface area contributed by atoms with Crippen molar-refractivity contribution in [1.29, 1.82) is 0 Å². The summed E-state index contributed by atoms with van der Waals surface area (Å²) >= 11 is 11.9. The quantitative estimate of drug-likeness (QED) is 0.401. The topological polar surface area (TPSA) is 80.3 Å². The van der Waals surface area contributed by atoms with Gasteiger partial charge < -0.3 is 15.1 Å². The number of imidazole rings is 1. The number of halogens is 1. The van der Waals surface area contributed by atoms with E-state index in [9.17, 15) is 9.59 Å². The third-order valence-corrected chi connectivity index (χ3v) is 7.41. The van der Waals surface area contributed by atoms with Crippen molar-refractivity contribution in [3.63, 3.8) is 0 Å². The predicted molar refractivity (Wildman–Crippen MR) is 152 cm³/mol. The van der Waals surface area contributed by atoms with Crippen molar-refractivity contribution in [2.75, 3.05) is 36.4 Å². The maximum Gasteiger partial charge on any atom is 0.332 e. The SMILES string of the molecule is Cc1cccc(Cn2c(N3CCN(C(=S)Nc4ccccc4Cl)CC3)nc3c2c(=O)n(C)c(=O)n3C)c1. The van der Waals surface area contributed by atoms with Crippen LogP contribution in [-0.4, -0.2) is 54.9 Å². The fourth-order valence-corrected chi connectivity index (χ4v) is 5.16. The van der Waals surface area contributed by atoms with Crippen molar-refractivity contribution in [2.24, 2.45) is 14.1 Å². The molecule has 0 atom stereocenters. The van der Waals surface area contributed by atoms with E-state index in [2.05, 4.69) is 21.2 Å². The molecule has 1 N–H and O–H groups in total. The molecule has 0 radical (unpaired) electrons. The summed E-state index contributed by atoms with van der Waals surface area (Å²) < 4.78 is 4.50. The molecule has 11 heteroatoms. The minimum atomic E-state index is -0.398. The van der Waals surface area contributed by atoms with E-state index >= 15 is 0 Å². The Balaban J connectivity index is 1.46. The van der Waals surface area contributed by atoms with Gasteiger partial charge in [-0.2, -0.15) is 4.98 Å². The summed E-state index contributed by atoms with van der Waals surface area (Å²) in [6.45, 7) is 5.14. The Bertz CT molecular complexity index is 1620. The van der Waals surface area contributed by atoms with Gasteiger partial charge in [-0.25, -0.2) is 4.79 Å². The summed E-state index contributed by atoms with van der Waals surface area (Å²) in [6, 6.07) is 15.7. The molecule has 0 bridgehead atoms. The van der Waals surface area contributed by atoms with Gasteiger partial charge >= 0.3 is 5.69 Å². The highest BCUT2D eigenvalue weighted by molar-refractivity contribution is 7.80. The minimum absolute atomic E-state index is 0.353. The first-order chi connectivity index (χ1) is 17.7. The highest BCUT2D eigenvalue weighted by Gasteiger charge is 2.26. The molecule has 4 aromatic rings. The first-order valence-electron chi connectivity index (χ1n) is 12.0. The Morgan fingerprint density at radius 1 is 1.03 bits per heavy atom. The Morgan fingerprint density at radius 2 is 1.76 bits per heavy atom. The molecule has 37 heavy (non-hydrogen) atoms. The Labute approximate surface area is 224 Å². The summed E-state index contributed by atoms with van der Waals surface area (Å²) in [5.74, 6) is 0.666. The zero-order chi connectivity index (χ0) is 26.3. The van der Waals surface area contributed by atoms with Gasteiger partial charge in [-0.3, -0.25) is 18.5 Å². The molecule has 2 aromatic carbocycles. The normalized spacial score (nSPS) is 13.8. The number of hydrogen-bond donors (Lipinski definition) is 1. The van der Waals surface area contributed by atoms with Crippen LogP contribution in [0.4, 0.5) is 11.6 Å². The zero-order valence-electron chi connectivity index (χ0n) is 20.9. The summed E-state index contributed by atoms with van der Waals surface area (Å²) in [4.78, 5) is 34.9. The standard InChI is InChI=1S/C26H28ClN7O2S/c1-17-7-6-8-18(15-17)16-34-21-22(30(2)26(36)31(3)23(21)35)29-24(34)32-11-13-33(14-12-32)25(37)28-20-10-5-4-9-19(20)27/h4-10,15H,11-14,16H2,1-3H3,(H,28,37). The van der Waals surface area contributed by atoms with Gasteiger partial charge in [-0.15, -0.1) is 0 Å². The van der Waals surface area contributed by atoms with Crippen LogP contribution in [0.3, 0.4) is 0 Å². The van der Waals surface area contributed by atoms with Gasteiger partial charge in [-0.05, 0) is 36.8 Å². The van der Waals surface area contributed by atoms with Gasteiger partial charge in [0.15, 0.2) is 16.3 Å². The van der Waals surface area contributed by atoms with Crippen LogP contribution in [0.15, 0.2) is 58.1 Å². The number of hydrogen-bond acceptors (Lipinski definition) is 5. The molecule has 1 saturated heterocycles. The van der Waals surface area contributed by atoms with Gasteiger partial charge in [-0.1, -0.05) is 53.6 Å². The number of thiocarbonyl (C=S) groups is 1. The van der Waals surface area contributed by atoms with Crippen LogP contribution in [0.2, 0.25) is 5.02 Å². The Hall–Kier alpha value is -3.63. The second-order valence-corrected chi connectivity index (χ2v) is 10.0. The van der Waals surface area contributed by atoms with Crippen LogP contribution in [0.25, 0.3) is 11.2 Å². The van der Waals surface area contributed by atoms with E-state index in [1.54, 1.807) is 7.05 Å². The van der Waals surface area contributed by atoms with Crippen LogP contribution >= 0.6 is 23.8 Å². The summed E-state index contributed by atoms with van der Waals surface area (Å²) in [5, 5.41) is 4.46. The predicted octanol–water partition coefficient (Wildman–Crippen LogP) is 2.96.